The summed E-state index contributed by atoms with van der Waals surface area (Å²) >= 11 is 12.0. The number of carbonyl (C=O) groups excluding carboxylic acids is 1. The minimum absolute atomic E-state index is 0.0756. The third-order valence-electron chi connectivity index (χ3n) is 5.58. The van der Waals surface area contributed by atoms with E-state index in [9.17, 15) is 9.59 Å². The molecule has 1 atom stereocenters. The van der Waals surface area contributed by atoms with Crippen LogP contribution in [0, 0.1) is 0 Å². The number of halogens is 2. The topological polar surface area (TPSA) is 104 Å². The Bertz CT molecular complexity index is 1150. The number of rotatable bonds is 6. The van der Waals surface area contributed by atoms with Gasteiger partial charge in [-0.15, -0.1) is 11.6 Å². The molecule has 2 N–H and O–H groups in total. The molecule has 0 saturated carbocycles. The molecule has 1 saturated heterocycles. The smallest absolute Gasteiger partial charge is 0.407 e. The van der Waals surface area contributed by atoms with Crippen LogP contribution in [0.25, 0.3) is 5.69 Å². The van der Waals surface area contributed by atoms with E-state index in [1.807, 2.05) is 4.90 Å². The number of aromatic nitrogens is 3. The van der Waals surface area contributed by atoms with E-state index >= 15 is 0 Å². The molecule has 33 heavy (non-hydrogen) atoms. The molecule has 4 rings (SSSR count). The third kappa shape index (κ3) is 5.04. The highest BCUT2D eigenvalue weighted by atomic mass is 35.5. The number of carbonyl (C=O) groups is 2. The SMILES string of the molecule is CN(C(=O)O)C1CCN(c2ccc(NC(=O)c3nn(-c4ccc(Cl)cc4)cc3CCl)cn2)C1. The first kappa shape index (κ1) is 22.9. The van der Waals surface area contributed by atoms with Gasteiger partial charge in [-0.2, -0.15) is 5.10 Å². The van der Waals surface area contributed by atoms with Crippen LogP contribution >= 0.6 is 23.2 Å². The molecule has 3 heterocycles. The summed E-state index contributed by atoms with van der Waals surface area (Å²) in [5.74, 6) is 0.467. The Morgan fingerprint density at radius 2 is 2.00 bits per heavy atom. The molecule has 9 nitrogen and oxygen atoms in total. The maximum atomic E-state index is 12.8. The van der Waals surface area contributed by atoms with E-state index in [4.69, 9.17) is 28.3 Å². The van der Waals surface area contributed by atoms with Crippen molar-refractivity contribution >= 4 is 46.7 Å². The van der Waals surface area contributed by atoms with E-state index in [0.29, 0.717) is 29.4 Å². The Morgan fingerprint density at radius 1 is 1.24 bits per heavy atom. The van der Waals surface area contributed by atoms with Crippen molar-refractivity contribution in [2.75, 3.05) is 30.4 Å². The number of hydrogen-bond donors (Lipinski definition) is 2. The van der Waals surface area contributed by atoms with Crippen LogP contribution in [0.4, 0.5) is 16.3 Å². The number of benzene rings is 1. The predicted molar refractivity (Wildman–Crippen MR) is 127 cm³/mol. The van der Waals surface area contributed by atoms with Crippen molar-refractivity contribution in [3.63, 3.8) is 0 Å². The molecule has 1 aliphatic rings. The Morgan fingerprint density at radius 3 is 2.64 bits per heavy atom. The molecule has 1 aromatic carbocycles. The number of likely N-dealkylation sites (N-methyl/N-ethyl adjacent to an activating group) is 1. The maximum Gasteiger partial charge on any atom is 0.407 e. The Hall–Kier alpha value is -3.30. The van der Waals surface area contributed by atoms with Gasteiger partial charge >= 0.3 is 6.09 Å². The average molecular weight is 489 g/mol. The molecule has 2 amide bonds. The van der Waals surface area contributed by atoms with Crippen LogP contribution in [-0.2, 0) is 5.88 Å². The van der Waals surface area contributed by atoms with Crippen LogP contribution in [0.1, 0.15) is 22.5 Å². The van der Waals surface area contributed by atoms with Gasteiger partial charge in [-0.05, 0) is 42.8 Å². The quantitative estimate of drug-likeness (QED) is 0.506. The molecule has 2 aromatic heterocycles. The third-order valence-corrected chi connectivity index (χ3v) is 6.12. The zero-order valence-electron chi connectivity index (χ0n) is 17.8. The van der Waals surface area contributed by atoms with E-state index in [1.165, 1.54) is 4.90 Å². The second-order valence-electron chi connectivity index (χ2n) is 7.70. The van der Waals surface area contributed by atoms with Crippen LogP contribution in [0.5, 0.6) is 0 Å². The molecule has 0 radical (unpaired) electrons. The fraction of sp³-hybridized carbons (Fsp3) is 0.273. The van der Waals surface area contributed by atoms with Crippen molar-refractivity contribution in [1.29, 1.82) is 0 Å². The van der Waals surface area contributed by atoms with Crippen molar-refractivity contribution in [3.8, 4) is 5.69 Å². The first-order valence-corrected chi connectivity index (χ1v) is 11.2. The monoisotopic (exact) mass is 488 g/mol. The van der Waals surface area contributed by atoms with Gasteiger partial charge in [0.1, 0.15) is 5.82 Å². The molecule has 0 spiro atoms. The second-order valence-corrected chi connectivity index (χ2v) is 8.40. The number of nitrogens with zero attached hydrogens (tertiary/aromatic N) is 5. The maximum absolute atomic E-state index is 12.8. The normalized spacial score (nSPS) is 15.5. The van der Waals surface area contributed by atoms with Crippen LogP contribution < -0.4 is 10.2 Å². The van der Waals surface area contributed by atoms with Gasteiger partial charge in [0, 0.05) is 36.9 Å². The number of hydrogen-bond acceptors (Lipinski definition) is 5. The molecule has 0 bridgehead atoms. The van der Waals surface area contributed by atoms with Gasteiger partial charge < -0.3 is 20.2 Å². The van der Waals surface area contributed by atoms with Crippen molar-refractivity contribution in [3.05, 3.63) is 65.1 Å². The lowest BCUT2D eigenvalue weighted by Gasteiger charge is -2.22. The van der Waals surface area contributed by atoms with Crippen molar-refractivity contribution in [1.82, 2.24) is 19.7 Å². The summed E-state index contributed by atoms with van der Waals surface area (Å²) in [5.41, 5.74) is 2.10. The van der Waals surface area contributed by atoms with Crippen molar-refractivity contribution in [2.24, 2.45) is 0 Å². The Labute approximate surface area is 200 Å². The molecular weight excluding hydrogens is 467 g/mol. The minimum Gasteiger partial charge on any atom is -0.465 e. The molecular formula is C22H22Cl2N6O3. The fourth-order valence-corrected chi connectivity index (χ4v) is 4.01. The lowest BCUT2D eigenvalue weighted by Crippen LogP contribution is -2.38. The fourth-order valence-electron chi connectivity index (χ4n) is 3.68. The lowest BCUT2D eigenvalue weighted by atomic mass is 10.2. The van der Waals surface area contributed by atoms with Crippen LogP contribution in [0.2, 0.25) is 5.02 Å². The van der Waals surface area contributed by atoms with Crippen LogP contribution in [-0.4, -0.2) is 63.0 Å². The summed E-state index contributed by atoms with van der Waals surface area (Å²) in [6, 6.07) is 10.6. The van der Waals surface area contributed by atoms with Gasteiger partial charge in [0.25, 0.3) is 5.91 Å². The summed E-state index contributed by atoms with van der Waals surface area (Å²) in [7, 11) is 1.58. The summed E-state index contributed by atoms with van der Waals surface area (Å²) < 4.78 is 1.59. The van der Waals surface area contributed by atoms with E-state index < -0.39 is 12.0 Å². The second kappa shape index (κ2) is 9.68. The number of pyridine rings is 1. The van der Waals surface area contributed by atoms with Crippen molar-refractivity contribution < 1.29 is 14.7 Å². The summed E-state index contributed by atoms with van der Waals surface area (Å²) in [6.45, 7) is 1.28. The van der Waals surface area contributed by atoms with E-state index in [0.717, 1.165) is 17.9 Å². The summed E-state index contributed by atoms with van der Waals surface area (Å²) in [4.78, 5) is 31.8. The minimum atomic E-state index is -0.942. The van der Waals surface area contributed by atoms with Crippen molar-refractivity contribution in [2.45, 2.75) is 18.3 Å². The van der Waals surface area contributed by atoms with Crippen LogP contribution in [0.3, 0.4) is 0 Å². The Kier molecular flexibility index (Phi) is 6.71. The average Bonchev–Trinajstić information content (AvgIpc) is 3.47. The first-order valence-electron chi connectivity index (χ1n) is 10.2. The van der Waals surface area contributed by atoms with Gasteiger partial charge in [-0.3, -0.25) is 4.79 Å². The molecule has 1 aliphatic heterocycles. The van der Waals surface area contributed by atoms with Gasteiger partial charge in [-0.25, -0.2) is 14.5 Å². The standard InChI is InChI=1S/C22H22Cl2N6O3/c1-28(22(32)33)18-8-9-29(13-18)19-7-4-16(11-25-19)26-21(31)20-14(10-23)12-30(27-20)17-5-2-15(24)3-6-17/h2-7,11-12,18H,8-10,13H2,1H3,(H,26,31)(H,32,33). The molecule has 0 aliphatic carbocycles. The largest absolute Gasteiger partial charge is 0.465 e. The summed E-state index contributed by atoms with van der Waals surface area (Å²) in [6.07, 6.45) is 3.07. The molecule has 3 aromatic rings. The number of amides is 2. The number of nitrogens with one attached hydrogen (secondary N) is 1. The zero-order chi connectivity index (χ0) is 23.5. The van der Waals surface area contributed by atoms with Gasteiger partial charge in [0.05, 0.1) is 29.5 Å². The van der Waals surface area contributed by atoms with Gasteiger partial charge in [0.15, 0.2) is 5.69 Å². The molecule has 1 unspecified atom stereocenters. The number of carboxylic acid groups (broad SMARTS) is 1. The predicted octanol–water partition coefficient (Wildman–Crippen LogP) is 4.10. The molecule has 1 fully saturated rings. The number of anilines is 2. The highest BCUT2D eigenvalue weighted by Gasteiger charge is 2.29. The van der Waals surface area contributed by atoms with E-state index in [2.05, 4.69) is 15.4 Å². The lowest BCUT2D eigenvalue weighted by molar-refractivity contribution is 0.102. The van der Waals surface area contributed by atoms with Gasteiger partial charge in [0.2, 0.25) is 0 Å². The van der Waals surface area contributed by atoms with E-state index in [1.54, 1.807) is 60.5 Å². The Balaban J connectivity index is 1.44. The molecule has 172 valence electrons. The van der Waals surface area contributed by atoms with Gasteiger partial charge in [-0.1, -0.05) is 11.6 Å². The van der Waals surface area contributed by atoms with E-state index in [-0.39, 0.29) is 17.6 Å². The highest BCUT2D eigenvalue weighted by molar-refractivity contribution is 6.30. The van der Waals surface area contributed by atoms with Crippen LogP contribution in [0.15, 0.2) is 48.8 Å². The number of alkyl halides is 1. The zero-order valence-corrected chi connectivity index (χ0v) is 19.3. The first-order chi connectivity index (χ1) is 15.9. The highest BCUT2D eigenvalue weighted by Crippen LogP contribution is 2.23. The molecule has 11 heteroatoms. The summed E-state index contributed by atoms with van der Waals surface area (Å²) in [5, 5.41) is 17.0.